The van der Waals surface area contributed by atoms with Crippen LogP contribution in [0.1, 0.15) is 53.4 Å². The van der Waals surface area contributed by atoms with Gasteiger partial charge < -0.3 is 9.72 Å². The van der Waals surface area contributed by atoms with Gasteiger partial charge in [0.25, 0.3) is 6.01 Å². The Kier molecular flexibility index (Phi) is 6.50. The fraction of sp³-hybridized carbons (Fsp3) is 0.650. The first kappa shape index (κ1) is 23.0. The van der Waals surface area contributed by atoms with Gasteiger partial charge in [-0.3, -0.25) is 0 Å². The summed E-state index contributed by atoms with van der Waals surface area (Å²) in [5.74, 6) is 0.338. The number of aromatic nitrogens is 2. The molecule has 1 heterocycles. The molecule has 0 amide bonds. The summed E-state index contributed by atoms with van der Waals surface area (Å²) in [5, 5.41) is 0. The number of sulfonamides is 1. The predicted molar refractivity (Wildman–Crippen MR) is 117 cm³/mol. The van der Waals surface area contributed by atoms with Crippen molar-refractivity contribution in [3.8, 4) is 6.01 Å². The van der Waals surface area contributed by atoms with Crippen LogP contribution < -0.4 is 9.46 Å². The van der Waals surface area contributed by atoms with E-state index in [1.54, 1.807) is 45.9 Å². The number of hydrogen-bond acceptors (Lipinski definition) is 6. The van der Waals surface area contributed by atoms with E-state index in [1.807, 2.05) is 0 Å². The molecule has 0 atom stereocenters. The van der Waals surface area contributed by atoms with Crippen molar-refractivity contribution in [2.75, 3.05) is 12.3 Å². The summed E-state index contributed by atoms with van der Waals surface area (Å²) in [6, 6.07) is 5.22. The molecule has 1 aliphatic carbocycles. The van der Waals surface area contributed by atoms with Crippen LogP contribution in [0.3, 0.4) is 0 Å². The van der Waals surface area contributed by atoms with Gasteiger partial charge in [-0.25, -0.2) is 21.6 Å². The van der Waals surface area contributed by atoms with Crippen molar-refractivity contribution in [2.24, 2.45) is 5.92 Å². The summed E-state index contributed by atoms with van der Waals surface area (Å²) in [7, 11) is -6.61. The molecule has 1 saturated carbocycles. The van der Waals surface area contributed by atoms with Gasteiger partial charge in [0.15, 0.2) is 9.84 Å². The van der Waals surface area contributed by atoms with Gasteiger partial charge in [0, 0.05) is 6.54 Å². The Bertz CT molecular complexity index is 1090. The molecule has 1 aromatic carbocycles. The van der Waals surface area contributed by atoms with Crippen LogP contribution in [0.2, 0.25) is 0 Å². The van der Waals surface area contributed by atoms with Crippen LogP contribution in [0.15, 0.2) is 23.1 Å². The fourth-order valence-corrected chi connectivity index (χ4v) is 5.23. The molecule has 1 aliphatic rings. The number of sulfone groups is 1. The quantitative estimate of drug-likeness (QED) is 0.660. The first-order valence-corrected chi connectivity index (χ1v) is 13.4. The molecule has 0 aliphatic heterocycles. The smallest absolute Gasteiger partial charge is 0.294 e. The van der Waals surface area contributed by atoms with E-state index < -0.39 is 24.6 Å². The second-order valence-electron chi connectivity index (χ2n) is 8.85. The van der Waals surface area contributed by atoms with Crippen molar-refractivity contribution in [2.45, 2.75) is 69.1 Å². The third kappa shape index (κ3) is 5.15. The van der Waals surface area contributed by atoms with Gasteiger partial charge >= 0.3 is 0 Å². The number of nitrogens with zero attached hydrogens (tertiary/aromatic N) is 1. The van der Waals surface area contributed by atoms with Crippen LogP contribution in [-0.4, -0.2) is 50.0 Å². The molecule has 1 aromatic heterocycles. The topological polar surface area (TPSA) is 118 Å². The lowest BCUT2D eigenvalue weighted by Gasteiger charge is -2.29. The maximum Gasteiger partial charge on any atom is 0.294 e. The van der Waals surface area contributed by atoms with E-state index in [0.717, 1.165) is 25.7 Å². The van der Waals surface area contributed by atoms with Crippen molar-refractivity contribution in [3.63, 3.8) is 0 Å². The Balaban J connectivity index is 1.57. The second-order valence-corrected chi connectivity index (χ2v) is 13.6. The molecular weight excluding hydrogens is 426 g/mol. The predicted octanol–water partition coefficient (Wildman–Crippen LogP) is 3.01. The molecule has 2 N–H and O–H groups in total. The Morgan fingerprint density at radius 2 is 1.80 bits per heavy atom. The van der Waals surface area contributed by atoms with Gasteiger partial charge in [-0.05, 0) is 70.6 Å². The molecule has 3 rings (SSSR count). The van der Waals surface area contributed by atoms with Crippen LogP contribution in [0.25, 0.3) is 11.0 Å². The molecule has 0 spiro atoms. The molecule has 0 saturated heterocycles. The zero-order valence-electron chi connectivity index (χ0n) is 17.9. The van der Waals surface area contributed by atoms with E-state index in [2.05, 4.69) is 14.7 Å². The van der Waals surface area contributed by atoms with Crippen LogP contribution in [0.4, 0.5) is 0 Å². The summed E-state index contributed by atoms with van der Waals surface area (Å²) >= 11 is 0. The minimum absolute atomic E-state index is 0.000111. The highest BCUT2D eigenvalue weighted by Gasteiger charge is 2.30. The summed E-state index contributed by atoms with van der Waals surface area (Å²) in [6.45, 7) is 7.13. The van der Waals surface area contributed by atoms with Crippen LogP contribution >= 0.6 is 0 Å². The van der Waals surface area contributed by atoms with Crippen molar-refractivity contribution >= 4 is 30.9 Å². The van der Waals surface area contributed by atoms with E-state index in [-0.39, 0.29) is 16.8 Å². The van der Waals surface area contributed by atoms with Crippen molar-refractivity contribution < 1.29 is 21.6 Å². The average Bonchev–Trinajstić information content (AvgIpc) is 3.08. The van der Waals surface area contributed by atoms with E-state index in [1.165, 1.54) is 0 Å². The van der Waals surface area contributed by atoms with Crippen LogP contribution in [-0.2, 0) is 19.9 Å². The number of aromatic amines is 1. The van der Waals surface area contributed by atoms with Gasteiger partial charge in [-0.2, -0.15) is 4.98 Å². The molecule has 0 unspecified atom stereocenters. The average molecular weight is 458 g/mol. The molecule has 2 aromatic rings. The Labute approximate surface area is 178 Å². The van der Waals surface area contributed by atoms with Crippen molar-refractivity contribution in [1.29, 1.82) is 0 Å². The summed E-state index contributed by atoms with van der Waals surface area (Å²) in [6.07, 6.45) is 3.37. The largest absolute Gasteiger partial charge is 0.461 e. The number of nitrogens with one attached hydrogen (secondary N) is 2. The van der Waals surface area contributed by atoms with Crippen molar-refractivity contribution in [1.82, 2.24) is 14.7 Å². The highest BCUT2D eigenvalue weighted by Crippen LogP contribution is 2.28. The fourth-order valence-electron chi connectivity index (χ4n) is 3.44. The second kappa shape index (κ2) is 8.47. The molecule has 0 radical (unpaired) electrons. The third-order valence-corrected chi connectivity index (χ3v) is 9.50. The van der Waals surface area contributed by atoms with Gasteiger partial charge in [0.2, 0.25) is 10.0 Å². The van der Waals surface area contributed by atoms with Gasteiger partial charge in [0.1, 0.15) is 6.10 Å². The highest BCUT2D eigenvalue weighted by atomic mass is 32.2. The maximum atomic E-state index is 12.2. The molecule has 1 fully saturated rings. The third-order valence-electron chi connectivity index (χ3n) is 5.61. The monoisotopic (exact) mass is 457 g/mol. The number of benzene rings is 1. The first-order valence-electron chi connectivity index (χ1n) is 10.3. The molecule has 30 heavy (non-hydrogen) atoms. The minimum atomic E-state index is -3.33. The van der Waals surface area contributed by atoms with E-state index in [4.69, 9.17) is 4.74 Å². The number of hydrogen-bond donors (Lipinski definition) is 2. The molecule has 168 valence electrons. The molecular formula is C20H31N3O5S2. The molecule has 10 heteroatoms. The zero-order chi connectivity index (χ0) is 22.2. The van der Waals surface area contributed by atoms with Crippen molar-refractivity contribution in [3.05, 3.63) is 18.2 Å². The maximum absolute atomic E-state index is 12.2. The number of H-pyrrole nitrogens is 1. The first-order chi connectivity index (χ1) is 13.9. The van der Waals surface area contributed by atoms with Gasteiger partial charge in [0.05, 0.1) is 26.4 Å². The number of rotatable bonds is 7. The van der Waals surface area contributed by atoms with Crippen LogP contribution in [0, 0.1) is 5.92 Å². The highest BCUT2D eigenvalue weighted by molar-refractivity contribution is 7.91. The van der Waals surface area contributed by atoms with Crippen LogP contribution in [0.5, 0.6) is 6.01 Å². The molecule has 8 nitrogen and oxygen atoms in total. The zero-order valence-corrected chi connectivity index (χ0v) is 19.6. The number of imidazole rings is 1. The standard InChI is InChI=1S/C20H31N3O5S2/c1-5-29(24,25)16-10-11-17-18(12-16)23-19(22-17)28-15-8-6-14(7-9-15)13-21-30(26,27)20(2,3)4/h10-12,14-15,21H,5-9,13H2,1-4H3,(H,22,23). The van der Waals surface area contributed by atoms with E-state index in [9.17, 15) is 16.8 Å². The lowest BCUT2D eigenvalue weighted by Crippen LogP contribution is -2.42. The molecule has 0 bridgehead atoms. The summed E-state index contributed by atoms with van der Waals surface area (Å²) in [4.78, 5) is 7.74. The summed E-state index contributed by atoms with van der Waals surface area (Å²) in [5.41, 5.74) is 1.29. The number of fused-ring (bicyclic) bond motifs is 1. The van der Waals surface area contributed by atoms with E-state index in [0.29, 0.717) is 29.5 Å². The Hall–Kier alpha value is -1.65. The van der Waals surface area contributed by atoms with Gasteiger partial charge in [-0.15, -0.1) is 0 Å². The lowest BCUT2D eigenvalue weighted by molar-refractivity contribution is 0.122. The Morgan fingerprint density at radius 1 is 1.13 bits per heavy atom. The normalized spacial score (nSPS) is 21.1. The number of ether oxygens (including phenoxy) is 1. The Morgan fingerprint density at radius 3 is 2.40 bits per heavy atom. The van der Waals surface area contributed by atoms with Gasteiger partial charge in [-0.1, -0.05) is 6.92 Å². The lowest BCUT2D eigenvalue weighted by atomic mass is 9.87. The summed E-state index contributed by atoms with van der Waals surface area (Å²) < 4.78 is 56.4. The SMILES string of the molecule is CCS(=O)(=O)c1ccc2nc(OC3CCC(CNS(=O)(=O)C(C)(C)C)CC3)[nH]c2c1. The minimum Gasteiger partial charge on any atom is -0.461 e. The van der Waals surface area contributed by atoms with E-state index >= 15 is 0 Å².